The lowest BCUT2D eigenvalue weighted by Gasteiger charge is -2.31. The van der Waals surface area contributed by atoms with Gasteiger partial charge in [-0.1, -0.05) is 6.92 Å². The van der Waals surface area contributed by atoms with E-state index in [1.807, 2.05) is 11.8 Å². The second-order valence-corrected chi connectivity index (χ2v) is 4.86. The zero-order valence-corrected chi connectivity index (χ0v) is 11.9. The number of ether oxygens (including phenoxy) is 1. The Morgan fingerprint density at radius 1 is 1.40 bits per heavy atom. The monoisotopic (exact) mass is 276 g/mol. The molecule has 2 rings (SSSR count). The Kier molecular flexibility index (Phi) is 4.61. The molecule has 1 aliphatic heterocycles. The van der Waals surface area contributed by atoms with Crippen LogP contribution < -0.4 is 15.0 Å². The molecule has 0 atom stereocenters. The van der Waals surface area contributed by atoms with E-state index in [4.69, 9.17) is 4.74 Å². The summed E-state index contributed by atoms with van der Waals surface area (Å²) >= 11 is 0. The Morgan fingerprint density at radius 3 is 2.90 bits per heavy atom. The quantitative estimate of drug-likeness (QED) is 0.830. The third-order valence-electron chi connectivity index (χ3n) is 3.23. The van der Waals surface area contributed by atoms with Gasteiger partial charge in [0.1, 0.15) is 12.4 Å². The van der Waals surface area contributed by atoms with Gasteiger partial charge in [0.25, 0.3) is 0 Å². The lowest BCUT2D eigenvalue weighted by molar-refractivity contribution is -0.119. The maximum Gasteiger partial charge on any atom is 0.239 e. The minimum absolute atomic E-state index is 0.00655. The Labute approximate surface area is 118 Å². The molecule has 5 heteroatoms. The Hall–Kier alpha value is -2.04. The number of nitrogens with zero attached hydrogens (tertiary/aromatic N) is 1. The smallest absolute Gasteiger partial charge is 0.239 e. The third kappa shape index (κ3) is 3.29. The summed E-state index contributed by atoms with van der Waals surface area (Å²) < 4.78 is 5.57. The van der Waals surface area contributed by atoms with Crippen LogP contribution in [-0.4, -0.2) is 37.9 Å². The number of Topliss-reactive ketones (excluding diaryl/α,β-unsaturated/α-hetero) is 1. The largest absolute Gasteiger partial charge is 0.490 e. The van der Waals surface area contributed by atoms with Crippen molar-refractivity contribution in [2.45, 2.75) is 20.3 Å². The molecule has 20 heavy (non-hydrogen) atoms. The van der Waals surface area contributed by atoms with Crippen molar-refractivity contribution in [3.05, 3.63) is 23.8 Å². The van der Waals surface area contributed by atoms with Gasteiger partial charge >= 0.3 is 0 Å². The van der Waals surface area contributed by atoms with Crippen LogP contribution in [0, 0.1) is 0 Å². The number of carbonyl (C=O) groups excluding carboxylic acids is 2. The number of benzene rings is 1. The highest BCUT2D eigenvalue weighted by atomic mass is 16.5. The molecule has 1 aromatic rings. The van der Waals surface area contributed by atoms with E-state index < -0.39 is 0 Å². The average Bonchev–Trinajstić information content (AvgIpc) is 2.45. The number of amides is 1. The van der Waals surface area contributed by atoms with Crippen molar-refractivity contribution < 1.29 is 14.3 Å². The lowest BCUT2D eigenvalue weighted by atomic mass is 10.1. The molecule has 0 radical (unpaired) electrons. The molecule has 1 aliphatic rings. The minimum atomic E-state index is -0.00655. The van der Waals surface area contributed by atoms with Gasteiger partial charge < -0.3 is 15.0 Å². The van der Waals surface area contributed by atoms with Crippen LogP contribution in [0.1, 0.15) is 30.6 Å². The van der Waals surface area contributed by atoms with Crippen LogP contribution in [0.15, 0.2) is 18.2 Å². The van der Waals surface area contributed by atoms with E-state index in [-0.39, 0.29) is 18.2 Å². The van der Waals surface area contributed by atoms with Crippen molar-refractivity contribution >= 4 is 17.4 Å². The van der Waals surface area contributed by atoms with Crippen LogP contribution in [0.4, 0.5) is 5.69 Å². The van der Waals surface area contributed by atoms with Crippen LogP contribution in [0.5, 0.6) is 5.75 Å². The van der Waals surface area contributed by atoms with Gasteiger partial charge in [-0.15, -0.1) is 0 Å². The number of nitrogens with one attached hydrogen (secondary N) is 1. The second-order valence-electron chi connectivity index (χ2n) is 4.86. The molecule has 1 aromatic carbocycles. The van der Waals surface area contributed by atoms with E-state index in [0.717, 1.165) is 17.9 Å². The molecule has 0 saturated carbocycles. The molecule has 0 fully saturated rings. The van der Waals surface area contributed by atoms with Gasteiger partial charge in [-0.05, 0) is 31.5 Å². The summed E-state index contributed by atoms with van der Waals surface area (Å²) in [6.45, 7) is 5.72. The molecular formula is C15H20N2O3. The van der Waals surface area contributed by atoms with Crippen LogP contribution in [0.3, 0.4) is 0 Å². The van der Waals surface area contributed by atoms with Crippen molar-refractivity contribution in [3.8, 4) is 5.75 Å². The summed E-state index contributed by atoms with van der Waals surface area (Å²) in [7, 11) is 0. The Morgan fingerprint density at radius 2 is 2.20 bits per heavy atom. The van der Waals surface area contributed by atoms with E-state index in [1.54, 1.807) is 18.2 Å². The molecule has 108 valence electrons. The first-order valence-corrected chi connectivity index (χ1v) is 6.91. The molecule has 0 aromatic heterocycles. The highest BCUT2D eigenvalue weighted by molar-refractivity contribution is 5.96. The van der Waals surface area contributed by atoms with Crippen molar-refractivity contribution in [2.75, 3.05) is 31.1 Å². The van der Waals surface area contributed by atoms with Crippen molar-refractivity contribution in [3.63, 3.8) is 0 Å². The van der Waals surface area contributed by atoms with Gasteiger partial charge in [0.15, 0.2) is 5.78 Å². The fourth-order valence-electron chi connectivity index (χ4n) is 2.15. The van der Waals surface area contributed by atoms with Crippen molar-refractivity contribution in [1.29, 1.82) is 0 Å². The number of anilines is 1. The summed E-state index contributed by atoms with van der Waals surface area (Å²) in [6, 6.07) is 5.34. The average molecular weight is 276 g/mol. The van der Waals surface area contributed by atoms with Gasteiger partial charge in [0, 0.05) is 12.1 Å². The Balaban J connectivity index is 2.16. The standard InChI is InChI=1S/C15H20N2O3/c1-3-6-16-15(19)10-17-7-8-20-14-5-4-12(11(2)18)9-13(14)17/h4-5,9H,3,6-8,10H2,1-2H3,(H,16,19). The first kappa shape index (κ1) is 14.4. The summed E-state index contributed by atoms with van der Waals surface area (Å²) in [5.74, 6) is 0.728. The summed E-state index contributed by atoms with van der Waals surface area (Å²) in [4.78, 5) is 25.3. The predicted octanol–water partition coefficient (Wildman–Crippen LogP) is 1.61. The fraction of sp³-hybridized carbons (Fsp3) is 0.467. The summed E-state index contributed by atoms with van der Waals surface area (Å²) in [5.41, 5.74) is 1.45. The van der Waals surface area contributed by atoms with E-state index in [1.165, 1.54) is 6.92 Å². The van der Waals surface area contributed by atoms with Crippen molar-refractivity contribution in [1.82, 2.24) is 5.32 Å². The van der Waals surface area contributed by atoms with E-state index in [9.17, 15) is 9.59 Å². The van der Waals surface area contributed by atoms with E-state index >= 15 is 0 Å². The maximum absolute atomic E-state index is 11.8. The summed E-state index contributed by atoms with van der Waals surface area (Å²) in [5, 5.41) is 2.86. The first-order chi connectivity index (χ1) is 9.61. The second kappa shape index (κ2) is 6.41. The Bertz CT molecular complexity index is 514. The lowest BCUT2D eigenvalue weighted by Crippen LogP contribution is -2.41. The van der Waals surface area contributed by atoms with Crippen LogP contribution in [0.25, 0.3) is 0 Å². The molecule has 1 heterocycles. The van der Waals surface area contributed by atoms with Crippen LogP contribution in [-0.2, 0) is 4.79 Å². The molecule has 0 saturated heterocycles. The highest BCUT2D eigenvalue weighted by Crippen LogP contribution is 2.32. The van der Waals surface area contributed by atoms with Crippen molar-refractivity contribution in [2.24, 2.45) is 0 Å². The molecule has 0 aliphatic carbocycles. The molecule has 1 N–H and O–H groups in total. The molecule has 0 bridgehead atoms. The molecule has 0 spiro atoms. The number of ketones is 1. The van der Waals surface area contributed by atoms with Gasteiger partial charge in [0.05, 0.1) is 18.8 Å². The highest BCUT2D eigenvalue weighted by Gasteiger charge is 2.21. The van der Waals surface area contributed by atoms with Gasteiger partial charge in [-0.25, -0.2) is 0 Å². The normalized spacial score (nSPS) is 13.4. The fourth-order valence-corrected chi connectivity index (χ4v) is 2.15. The van der Waals surface area contributed by atoms with Gasteiger partial charge in [-0.3, -0.25) is 9.59 Å². The zero-order valence-electron chi connectivity index (χ0n) is 11.9. The molecular weight excluding hydrogens is 256 g/mol. The number of rotatable bonds is 5. The first-order valence-electron chi connectivity index (χ1n) is 6.91. The van der Waals surface area contributed by atoms with Gasteiger partial charge in [-0.2, -0.15) is 0 Å². The van der Waals surface area contributed by atoms with Crippen LogP contribution in [0.2, 0.25) is 0 Å². The zero-order chi connectivity index (χ0) is 14.5. The van der Waals surface area contributed by atoms with E-state index in [2.05, 4.69) is 5.32 Å². The number of hydrogen-bond donors (Lipinski definition) is 1. The number of carbonyl (C=O) groups is 2. The van der Waals surface area contributed by atoms with E-state index in [0.29, 0.717) is 25.3 Å². The topological polar surface area (TPSA) is 58.6 Å². The third-order valence-corrected chi connectivity index (χ3v) is 3.23. The molecule has 5 nitrogen and oxygen atoms in total. The van der Waals surface area contributed by atoms with Crippen LogP contribution >= 0.6 is 0 Å². The number of hydrogen-bond acceptors (Lipinski definition) is 4. The predicted molar refractivity (Wildman–Crippen MR) is 77.5 cm³/mol. The summed E-state index contributed by atoms with van der Waals surface area (Å²) in [6.07, 6.45) is 0.917. The maximum atomic E-state index is 11.8. The number of fused-ring (bicyclic) bond motifs is 1. The minimum Gasteiger partial charge on any atom is -0.490 e. The molecule has 0 unspecified atom stereocenters. The SMILES string of the molecule is CCCNC(=O)CN1CCOc2ccc(C(C)=O)cc21. The van der Waals surface area contributed by atoms with Gasteiger partial charge in [0.2, 0.25) is 5.91 Å². The molecule has 1 amide bonds.